The summed E-state index contributed by atoms with van der Waals surface area (Å²) >= 11 is 0. The molecule has 2 atom stereocenters. The van der Waals surface area contributed by atoms with Gasteiger partial charge >= 0.3 is 0 Å². The second kappa shape index (κ2) is 17.4. The Hall–Kier alpha value is -2.68. The first-order valence-electron chi connectivity index (χ1n) is 16.3. The van der Waals surface area contributed by atoms with Crippen molar-refractivity contribution in [3.63, 3.8) is 0 Å². The lowest BCUT2D eigenvalue weighted by molar-refractivity contribution is 0.173. The second-order valence-corrected chi connectivity index (χ2v) is 11.4. The number of rotatable bonds is 12. The van der Waals surface area contributed by atoms with E-state index in [1.807, 2.05) is 28.1 Å². The van der Waals surface area contributed by atoms with Gasteiger partial charge in [-0.15, -0.1) is 0 Å². The molecule has 2 unspecified atom stereocenters. The lowest BCUT2D eigenvalue weighted by atomic mass is 9.58. The van der Waals surface area contributed by atoms with E-state index in [1.165, 1.54) is 51.0 Å². The SMILES string of the molecule is C/C=C\C1=C(C)c2ccccc2C1(CCCOC)CC1(CCCOC)C(/C=C\C)=C(C)c2ccccc21.CC.CCC. The van der Waals surface area contributed by atoms with Crippen molar-refractivity contribution in [1.82, 2.24) is 0 Å². The van der Waals surface area contributed by atoms with Crippen LogP contribution in [0, 0.1) is 0 Å². The van der Waals surface area contributed by atoms with Crippen LogP contribution in [-0.4, -0.2) is 27.4 Å². The van der Waals surface area contributed by atoms with Gasteiger partial charge in [0.2, 0.25) is 0 Å². The van der Waals surface area contributed by atoms with Crippen LogP contribution >= 0.6 is 0 Å². The molecule has 0 saturated heterocycles. The van der Waals surface area contributed by atoms with E-state index in [9.17, 15) is 0 Å². The zero-order valence-corrected chi connectivity index (χ0v) is 28.4. The van der Waals surface area contributed by atoms with Gasteiger partial charge in [0.15, 0.2) is 0 Å². The molecule has 2 aliphatic carbocycles. The number of hydrogen-bond acceptors (Lipinski definition) is 2. The number of hydrogen-bond donors (Lipinski definition) is 0. The second-order valence-electron chi connectivity index (χ2n) is 11.4. The summed E-state index contributed by atoms with van der Waals surface area (Å²) in [6.07, 6.45) is 15.7. The zero-order valence-electron chi connectivity index (χ0n) is 28.4. The topological polar surface area (TPSA) is 18.5 Å². The van der Waals surface area contributed by atoms with Crippen molar-refractivity contribution in [2.75, 3.05) is 27.4 Å². The standard InChI is InChI=1S/C35H44O2.C3H8.C2H6/c1-7-15-30-26(3)28-17-9-11-19-32(28)34(30,21-13-23-36-5)25-35(22-14-24-37-6)31(16-8-2)27(4)29-18-10-12-20-33(29)35;1-3-2;1-2/h7-12,15-20H,13-14,21-25H2,1-6H3;3H2,1-2H3;1-2H3/b15-7-,16-8-;;. The summed E-state index contributed by atoms with van der Waals surface area (Å²) in [6, 6.07) is 18.2. The van der Waals surface area contributed by atoms with Gasteiger partial charge in [0.25, 0.3) is 0 Å². The van der Waals surface area contributed by atoms with Crippen molar-refractivity contribution in [2.24, 2.45) is 0 Å². The van der Waals surface area contributed by atoms with Crippen LogP contribution in [-0.2, 0) is 20.3 Å². The largest absolute Gasteiger partial charge is 0.385 e. The van der Waals surface area contributed by atoms with Gasteiger partial charge in [0.05, 0.1) is 0 Å². The van der Waals surface area contributed by atoms with Crippen LogP contribution in [0.1, 0.15) is 116 Å². The summed E-state index contributed by atoms with van der Waals surface area (Å²) in [4.78, 5) is 0. The molecule has 0 saturated carbocycles. The van der Waals surface area contributed by atoms with Gasteiger partial charge in [-0.3, -0.25) is 0 Å². The monoisotopic (exact) mass is 570 g/mol. The van der Waals surface area contributed by atoms with Crippen LogP contribution in [0.2, 0.25) is 0 Å². The van der Waals surface area contributed by atoms with E-state index in [0.717, 1.165) is 45.3 Å². The molecule has 2 nitrogen and oxygen atoms in total. The minimum atomic E-state index is -0.0939. The Bertz CT molecular complexity index is 1150. The molecule has 0 radical (unpaired) electrons. The highest BCUT2D eigenvalue weighted by Crippen LogP contribution is 2.61. The summed E-state index contributed by atoms with van der Waals surface area (Å²) < 4.78 is 11.2. The summed E-state index contributed by atoms with van der Waals surface area (Å²) in [5.41, 5.74) is 11.3. The molecule has 2 aliphatic rings. The van der Waals surface area contributed by atoms with E-state index in [4.69, 9.17) is 9.47 Å². The van der Waals surface area contributed by atoms with Crippen LogP contribution in [0.15, 0.2) is 84.0 Å². The van der Waals surface area contributed by atoms with Crippen LogP contribution < -0.4 is 0 Å². The Balaban J connectivity index is 0.00000116. The highest BCUT2D eigenvalue weighted by atomic mass is 16.5. The molecule has 0 spiro atoms. The van der Waals surface area contributed by atoms with Crippen LogP contribution in [0.5, 0.6) is 0 Å². The fraction of sp³-hybridized carbons (Fsp3) is 0.500. The maximum atomic E-state index is 5.59. The number of benzene rings is 2. The average molecular weight is 571 g/mol. The lowest BCUT2D eigenvalue weighted by Crippen LogP contribution is -2.39. The third kappa shape index (κ3) is 7.09. The number of allylic oxidation sites excluding steroid dienone is 8. The molecule has 0 N–H and O–H groups in total. The van der Waals surface area contributed by atoms with Crippen molar-refractivity contribution >= 4 is 11.1 Å². The van der Waals surface area contributed by atoms with E-state index in [2.05, 4.69) is 114 Å². The Morgan fingerprint density at radius 1 is 0.643 bits per heavy atom. The van der Waals surface area contributed by atoms with Crippen molar-refractivity contribution in [3.8, 4) is 0 Å². The minimum absolute atomic E-state index is 0.0939. The predicted molar refractivity (Wildman–Crippen MR) is 185 cm³/mol. The fourth-order valence-corrected chi connectivity index (χ4v) is 7.30. The lowest BCUT2D eigenvalue weighted by Gasteiger charge is -2.44. The average Bonchev–Trinajstić information content (AvgIpc) is 3.37. The van der Waals surface area contributed by atoms with E-state index >= 15 is 0 Å². The Morgan fingerprint density at radius 2 is 1.00 bits per heavy atom. The van der Waals surface area contributed by atoms with Gasteiger partial charge in [0.1, 0.15) is 0 Å². The molecule has 0 amide bonds. The molecule has 0 bridgehead atoms. The summed E-state index contributed by atoms with van der Waals surface area (Å²) in [6.45, 7) is 18.7. The van der Waals surface area contributed by atoms with E-state index in [-0.39, 0.29) is 10.8 Å². The summed E-state index contributed by atoms with van der Waals surface area (Å²) in [5, 5.41) is 0. The molecule has 0 fully saturated rings. The van der Waals surface area contributed by atoms with Crippen LogP contribution in [0.3, 0.4) is 0 Å². The van der Waals surface area contributed by atoms with Gasteiger partial charge < -0.3 is 9.47 Å². The van der Waals surface area contributed by atoms with Gasteiger partial charge in [-0.05, 0) is 104 Å². The first kappa shape index (κ1) is 35.5. The Kier molecular flexibility index (Phi) is 14.7. The van der Waals surface area contributed by atoms with Crippen molar-refractivity contribution in [1.29, 1.82) is 0 Å². The highest BCUT2D eigenvalue weighted by Gasteiger charge is 2.52. The molecule has 0 heterocycles. The molecular weight excluding hydrogens is 512 g/mol. The van der Waals surface area contributed by atoms with Gasteiger partial charge in [-0.25, -0.2) is 0 Å². The van der Waals surface area contributed by atoms with Crippen molar-refractivity contribution < 1.29 is 9.47 Å². The van der Waals surface area contributed by atoms with E-state index < -0.39 is 0 Å². The zero-order chi connectivity index (χ0) is 31.2. The maximum Gasteiger partial charge on any atom is 0.0462 e. The molecule has 2 aromatic carbocycles. The molecule has 230 valence electrons. The number of fused-ring (bicyclic) bond motifs is 2. The third-order valence-electron chi connectivity index (χ3n) is 8.71. The molecule has 0 aromatic heterocycles. The van der Waals surface area contributed by atoms with Gasteiger partial charge in [0, 0.05) is 38.3 Å². The third-order valence-corrected chi connectivity index (χ3v) is 8.71. The van der Waals surface area contributed by atoms with Crippen molar-refractivity contribution in [3.05, 3.63) is 106 Å². The summed E-state index contributed by atoms with van der Waals surface area (Å²) in [7, 11) is 3.64. The van der Waals surface area contributed by atoms with E-state index in [0.29, 0.717) is 0 Å². The van der Waals surface area contributed by atoms with Crippen LogP contribution in [0.4, 0.5) is 0 Å². The van der Waals surface area contributed by atoms with Gasteiger partial charge in [-0.1, -0.05) is 107 Å². The molecule has 0 aliphatic heterocycles. The molecule has 2 heteroatoms. The maximum absolute atomic E-state index is 5.59. The number of ether oxygens (including phenoxy) is 2. The highest BCUT2D eigenvalue weighted by molar-refractivity contribution is 5.84. The summed E-state index contributed by atoms with van der Waals surface area (Å²) in [5.74, 6) is 0. The van der Waals surface area contributed by atoms with Crippen molar-refractivity contribution in [2.45, 2.75) is 105 Å². The van der Waals surface area contributed by atoms with Crippen LogP contribution in [0.25, 0.3) is 11.1 Å². The quantitative estimate of drug-likeness (QED) is 0.236. The Labute approximate surface area is 258 Å². The normalized spacial score (nSPS) is 20.9. The first-order chi connectivity index (χ1) is 20.4. The molecule has 4 rings (SSSR count). The van der Waals surface area contributed by atoms with Gasteiger partial charge in [-0.2, -0.15) is 0 Å². The van der Waals surface area contributed by atoms with E-state index in [1.54, 1.807) is 0 Å². The molecule has 42 heavy (non-hydrogen) atoms. The minimum Gasteiger partial charge on any atom is -0.385 e. The molecular formula is C40H58O2. The fourth-order valence-electron chi connectivity index (χ4n) is 7.30. The molecule has 2 aromatic rings. The smallest absolute Gasteiger partial charge is 0.0462 e. The predicted octanol–water partition coefficient (Wildman–Crippen LogP) is 11.3. The number of methoxy groups -OCH3 is 2. The Morgan fingerprint density at radius 3 is 1.33 bits per heavy atom. The first-order valence-corrected chi connectivity index (χ1v) is 16.3.